The van der Waals surface area contributed by atoms with Crippen LogP contribution in [-0.2, 0) is 9.59 Å². The molecule has 6 aromatic rings. The Bertz CT molecular complexity index is 2590. The number of hydrogen-bond acceptors (Lipinski definition) is 14. The van der Waals surface area contributed by atoms with E-state index in [1.807, 2.05) is 68.4 Å². The van der Waals surface area contributed by atoms with Gasteiger partial charge in [-0.1, -0.05) is 35.9 Å². The minimum absolute atomic E-state index is 0.00544. The Labute approximate surface area is 372 Å². The lowest BCUT2D eigenvalue weighted by atomic mass is 10.1. The molecule has 0 spiro atoms. The predicted octanol–water partition coefficient (Wildman–Crippen LogP) is 7.44. The summed E-state index contributed by atoms with van der Waals surface area (Å²) in [4.78, 5) is 62.2. The van der Waals surface area contributed by atoms with Gasteiger partial charge in [0.1, 0.15) is 12.7 Å². The highest BCUT2D eigenvalue weighted by Gasteiger charge is 2.22. The number of aromatic nitrogens is 6. The predicted molar refractivity (Wildman–Crippen MR) is 251 cm³/mol. The Morgan fingerprint density at radius 2 is 0.968 bits per heavy atom. The number of benzene rings is 4. The smallest absolute Gasteiger partial charge is 0.232 e. The zero-order chi connectivity index (χ0) is 43.9. The summed E-state index contributed by atoms with van der Waals surface area (Å²) >= 11 is 6.21. The van der Waals surface area contributed by atoms with Gasteiger partial charge in [-0.2, -0.15) is 9.97 Å². The molecule has 0 saturated carbocycles. The van der Waals surface area contributed by atoms with Crippen LogP contribution < -0.4 is 40.9 Å². The van der Waals surface area contributed by atoms with E-state index in [0.29, 0.717) is 40.2 Å². The molecule has 16 nitrogen and oxygen atoms in total. The van der Waals surface area contributed by atoms with Crippen molar-refractivity contribution >= 4 is 81.3 Å². The number of hydrogen-bond donors (Lipinski definition) is 4. The molecule has 4 N–H and O–H groups in total. The monoisotopic (exact) mass is 866 g/mol. The van der Waals surface area contributed by atoms with Crippen LogP contribution in [0.1, 0.15) is 35.1 Å². The van der Waals surface area contributed by atoms with Crippen molar-refractivity contribution in [1.82, 2.24) is 29.9 Å². The van der Waals surface area contributed by atoms with E-state index in [4.69, 9.17) is 21.6 Å². The first-order chi connectivity index (χ1) is 30.6. The van der Waals surface area contributed by atoms with Gasteiger partial charge >= 0.3 is 0 Å². The van der Waals surface area contributed by atoms with Gasteiger partial charge in [-0.15, -0.1) is 0 Å². The summed E-state index contributed by atoms with van der Waals surface area (Å²) in [5, 5.41) is 13.2. The van der Waals surface area contributed by atoms with E-state index < -0.39 is 0 Å². The van der Waals surface area contributed by atoms with Crippen LogP contribution in [0.15, 0.2) is 91.5 Å². The highest BCUT2D eigenvalue weighted by Crippen LogP contribution is 2.29. The summed E-state index contributed by atoms with van der Waals surface area (Å²) in [5.41, 5.74) is 9.23. The molecule has 4 heterocycles. The maximum atomic E-state index is 13.1. The molecule has 2 aromatic heterocycles. The zero-order valence-electron chi connectivity index (χ0n) is 35.9. The van der Waals surface area contributed by atoms with Gasteiger partial charge in [-0.05, 0) is 105 Å². The summed E-state index contributed by atoms with van der Waals surface area (Å²) in [5.74, 6) is 1.44. The highest BCUT2D eigenvalue weighted by molar-refractivity contribution is 6.30. The third-order valence-corrected chi connectivity index (χ3v) is 11.8. The second kappa shape index (κ2) is 19.3. The maximum absolute atomic E-state index is 13.1. The molecule has 0 atom stereocenters. The minimum Gasteiger partial charge on any atom is -0.368 e. The van der Waals surface area contributed by atoms with Gasteiger partial charge in [0, 0.05) is 104 Å². The van der Waals surface area contributed by atoms with Crippen molar-refractivity contribution in [3.8, 4) is 0 Å². The molecule has 0 unspecified atom stereocenters. The first-order valence-electron chi connectivity index (χ1n) is 21.1. The van der Waals surface area contributed by atoms with E-state index >= 15 is 0 Å². The zero-order valence-corrected chi connectivity index (χ0v) is 36.7. The minimum atomic E-state index is -0.283. The van der Waals surface area contributed by atoms with Crippen LogP contribution >= 0.6 is 11.6 Å². The van der Waals surface area contributed by atoms with Crippen LogP contribution in [0.25, 0.3) is 0 Å². The molecule has 2 fully saturated rings. The van der Waals surface area contributed by atoms with Crippen molar-refractivity contribution in [3.63, 3.8) is 0 Å². The molecule has 8 rings (SSSR count). The fraction of sp³-hybridized carbons (Fsp3) is 0.304. The van der Waals surface area contributed by atoms with Crippen molar-refractivity contribution < 1.29 is 9.59 Å². The Hall–Kier alpha value is -7.07. The van der Waals surface area contributed by atoms with Crippen LogP contribution in [0.5, 0.6) is 0 Å². The molecule has 0 bridgehead atoms. The van der Waals surface area contributed by atoms with E-state index in [1.165, 1.54) is 29.5 Å². The molecular formula is C46H51ClN14O2. The summed E-state index contributed by atoms with van der Waals surface area (Å²) in [7, 11) is 0. The number of nitrogens with zero attached hydrogens (tertiary/aromatic N) is 10. The number of piperazine rings is 2. The molecule has 17 heteroatoms. The lowest BCUT2D eigenvalue weighted by Gasteiger charge is -2.36. The highest BCUT2D eigenvalue weighted by atomic mass is 35.5. The van der Waals surface area contributed by atoms with Crippen molar-refractivity contribution in [2.75, 3.05) is 93.2 Å². The topological polar surface area (TPSA) is 173 Å². The number of anilines is 10. The second-order valence-corrected chi connectivity index (χ2v) is 16.2. The van der Waals surface area contributed by atoms with Gasteiger partial charge in [0.15, 0.2) is 0 Å². The van der Waals surface area contributed by atoms with Gasteiger partial charge in [0.05, 0.1) is 0 Å². The van der Waals surface area contributed by atoms with E-state index in [9.17, 15) is 9.59 Å². The number of amides is 2. The second-order valence-electron chi connectivity index (χ2n) is 15.7. The average molecular weight is 867 g/mol. The molecule has 2 saturated heterocycles. The number of carbonyl (C=O) groups is 2. The molecule has 0 radical (unpaired) electrons. The van der Waals surface area contributed by atoms with Gasteiger partial charge in [-0.3, -0.25) is 9.59 Å². The number of halogens is 1. The molecule has 4 aromatic carbocycles. The summed E-state index contributed by atoms with van der Waals surface area (Å²) in [6.45, 7) is 14.5. The summed E-state index contributed by atoms with van der Waals surface area (Å²) in [6.07, 6.45) is 3.00. The molecule has 2 amide bonds. The van der Waals surface area contributed by atoms with Crippen LogP contribution in [0, 0.1) is 27.7 Å². The van der Waals surface area contributed by atoms with Gasteiger partial charge in [0.2, 0.25) is 35.6 Å². The Morgan fingerprint density at radius 1 is 0.524 bits per heavy atom. The van der Waals surface area contributed by atoms with Gasteiger partial charge in [0.25, 0.3) is 0 Å². The lowest BCUT2D eigenvalue weighted by Crippen LogP contribution is -2.47. The Balaban J connectivity index is 0.810. The van der Waals surface area contributed by atoms with E-state index in [-0.39, 0.29) is 24.7 Å². The van der Waals surface area contributed by atoms with E-state index in [1.54, 1.807) is 0 Å². The largest absolute Gasteiger partial charge is 0.368 e. The fourth-order valence-corrected chi connectivity index (χ4v) is 7.82. The number of aryl methyl sites for hydroxylation is 2. The fourth-order valence-electron chi connectivity index (χ4n) is 7.63. The Kier molecular flexibility index (Phi) is 13.1. The van der Waals surface area contributed by atoms with E-state index in [0.717, 1.165) is 80.5 Å². The first kappa shape index (κ1) is 42.6. The third-order valence-electron chi connectivity index (χ3n) is 11.6. The molecular weight excluding hydrogens is 816 g/mol. The van der Waals surface area contributed by atoms with Gasteiger partial charge in [-0.25, -0.2) is 19.9 Å². The summed E-state index contributed by atoms with van der Waals surface area (Å²) in [6, 6.07) is 25.6. The maximum Gasteiger partial charge on any atom is 0.232 e. The SMILES string of the molecule is Cc1ccc(N2CCN(c3ncnc(Nc4cccc(NC(=O)CCC(=O)Nc5cccc(Nc6ncnc(N7CCN(c8cccc(Cl)c8)CC7)n6)c5C)c4C)n3)CC2)cc1C. The van der Waals surface area contributed by atoms with Crippen LogP contribution in [0.4, 0.5) is 57.9 Å². The summed E-state index contributed by atoms with van der Waals surface area (Å²) < 4.78 is 0. The molecule has 0 aliphatic carbocycles. The number of rotatable bonds is 13. The standard InChI is InChI=1S/C46H51ClN14O2/c1-30-14-15-36(26-31(30)2)59-20-24-61(25-21-59)46-51-29-49-44(57-46)55-40-13-7-11-38(33(40)4)53-42(63)17-16-41(62)52-37-10-6-12-39(32(37)3)54-43-48-28-50-45(56-43)60-22-18-58(19-23-60)35-9-5-8-34(47)27-35/h5-15,26-29H,16-25H2,1-4H3,(H,52,62)(H,53,63)(H,48,50,54,56)(H,49,51,55,57). The van der Waals surface area contributed by atoms with Crippen molar-refractivity contribution in [1.29, 1.82) is 0 Å². The van der Waals surface area contributed by atoms with Crippen LogP contribution in [0.3, 0.4) is 0 Å². The van der Waals surface area contributed by atoms with Crippen LogP contribution in [-0.4, -0.2) is 94.1 Å². The quantitative estimate of drug-likeness (QED) is 0.0902. The number of carbonyl (C=O) groups excluding carboxylic acids is 2. The molecule has 63 heavy (non-hydrogen) atoms. The van der Waals surface area contributed by atoms with Gasteiger partial charge < -0.3 is 40.9 Å². The average Bonchev–Trinajstić information content (AvgIpc) is 3.29. The van der Waals surface area contributed by atoms with Crippen molar-refractivity contribution in [2.24, 2.45) is 0 Å². The first-order valence-corrected chi connectivity index (χ1v) is 21.5. The number of nitrogens with one attached hydrogen (secondary N) is 4. The van der Waals surface area contributed by atoms with Crippen molar-refractivity contribution in [2.45, 2.75) is 40.5 Å². The third kappa shape index (κ3) is 10.5. The molecule has 2 aliphatic heterocycles. The Morgan fingerprint density at radius 3 is 1.44 bits per heavy atom. The van der Waals surface area contributed by atoms with Crippen LogP contribution in [0.2, 0.25) is 5.02 Å². The van der Waals surface area contributed by atoms with Crippen molar-refractivity contribution in [3.05, 3.63) is 119 Å². The normalized spacial score (nSPS) is 14.0. The molecule has 2 aliphatic rings. The lowest BCUT2D eigenvalue weighted by molar-refractivity contribution is -0.121. The molecule has 324 valence electrons. The van der Waals surface area contributed by atoms with E-state index in [2.05, 4.69) is 98.9 Å².